The maximum atomic E-state index is 12.4. The maximum absolute atomic E-state index is 12.4. The van der Waals surface area contributed by atoms with Crippen LogP contribution in [-0.2, 0) is 9.59 Å². The van der Waals surface area contributed by atoms with E-state index in [4.69, 9.17) is 11.6 Å². The molecular weight excluding hydrogens is 398 g/mol. The van der Waals surface area contributed by atoms with Crippen LogP contribution in [0.2, 0.25) is 5.02 Å². The van der Waals surface area contributed by atoms with Crippen LogP contribution in [0.15, 0.2) is 53.7 Å². The first-order chi connectivity index (χ1) is 13.4. The van der Waals surface area contributed by atoms with E-state index in [1.807, 2.05) is 12.1 Å². The predicted molar refractivity (Wildman–Crippen MR) is 112 cm³/mol. The van der Waals surface area contributed by atoms with Crippen LogP contribution < -0.4 is 10.6 Å². The Labute approximate surface area is 171 Å². The molecule has 9 heteroatoms. The summed E-state index contributed by atoms with van der Waals surface area (Å²) in [5.74, 6) is 0.293. The van der Waals surface area contributed by atoms with Crippen LogP contribution in [0, 0.1) is 0 Å². The van der Waals surface area contributed by atoms with Gasteiger partial charge in [0.2, 0.25) is 17.0 Å². The molecule has 0 aliphatic heterocycles. The first-order valence-electron chi connectivity index (χ1n) is 8.44. The highest BCUT2D eigenvalue weighted by Gasteiger charge is 2.17. The van der Waals surface area contributed by atoms with E-state index in [9.17, 15) is 9.59 Å². The Bertz CT molecular complexity index is 973. The number of thioether (sulfide) groups is 1. The Balaban J connectivity index is 1.58. The zero-order chi connectivity index (χ0) is 20.1. The molecule has 3 rings (SSSR count). The minimum absolute atomic E-state index is 0.147. The van der Waals surface area contributed by atoms with Crippen molar-refractivity contribution in [2.75, 3.05) is 10.6 Å². The van der Waals surface area contributed by atoms with Gasteiger partial charge in [-0.3, -0.25) is 14.7 Å². The highest BCUT2D eigenvalue weighted by molar-refractivity contribution is 8.00. The number of hydrogen-bond acceptors (Lipinski definition) is 5. The molecule has 0 radical (unpaired) electrons. The summed E-state index contributed by atoms with van der Waals surface area (Å²) in [5, 5.41) is 13.3. The first kappa shape index (κ1) is 19.9. The number of aromatic amines is 1. The molecule has 1 unspecified atom stereocenters. The van der Waals surface area contributed by atoms with E-state index in [-0.39, 0.29) is 11.8 Å². The lowest BCUT2D eigenvalue weighted by atomic mass is 10.2. The van der Waals surface area contributed by atoms with Crippen molar-refractivity contribution in [1.29, 1.82) is 0 Å². The van der Waals surface area contributed by atoms with Gasteiger partial charge in [-0.05, 0) is 55.5 Å². The second-order valence-corrected chi connectivity index (χ2v) is 7.73. The lowest BCUT2D eigenvalue weighted by Crippen LogP contribution is -2.22. The SMILES string of the molecule is CC(=O)Nc1ccc(NC(=O)C(C)Sc2n[nH]c(-c3ccc(Cl)cc3)n2)cc1. The van der Waals surface area contributed by atoms with Crippen molar-refractivity contribution in [2.45, 2.75) is 24.3 Å². The zero-order valence-corrected chi connectivity index (χ0v) is 16.8. The fourth-order valence-electron chi connectivity index (χ4n) is 2.33. The molecule has 0 spiro atoms. The molecule has 0 aliphatic rings. The van der Waals surface area contributed by atoms with Crippen molar-refractivity contribution >= 4 is 46.6 Å². The summed E-state index contributed by atoms with van der Waals surface area (Å²) in [6, 6.07) is 14.2. The molecular formula is C19H18ClN5O2S. The third-order valence-electron chi connectivity index (χ3n) is 3.71. The van der Waals surface area contributed by atoms with Gasteiger partial charge in [-0.1, -0.05) is 23.4 Å². The van der Waals surface area contributed by atoms with Crippen LogP contribution in [0.3, 0.4) is 0 Å². The van der Waals surface area contributed by atoms with Gasteiger partial charge in [-0.25, -0.2) is 4.98 Å². The van der Waals surface area contributed by atoms with Crippen molar-refractivity contribution in [3.05, 3.63) is 53.6 Å². The van der Waals surface area contributed by atoms with Crippen LogP contribution in [0.4, 0.5) is 11.4 Å². The summed E-state index contributed by atoms with van der Waals surface area (Å²) >= 11 is 7.14. The van der Waals surface area contributed by atoms with Crippen molar-refractivity contribution in [1.82, 2.24) is 15.2 Å². The standard InChI is InChI=1S/C19H18ClN5O2S/c1-11(18(27)22-16-9-7-15(8-10-16)21-12(2)26)28-19-23-17(24-25-19)13-3-5-14(20)6-4-13/h3-11H,1-2H3,(H,21,26)(H,22,27)(H,23,24,25). The Morgan fingerprint density at radius 1 is 1.04 bits per heavy atom. The van der Waals surface area contributed by atoms with E-state index in [1.54, 1.807) is 43.3 Å². The fraction of sp³-hybridized carbons (Fsp3) is 0.158. The number of hydrogen-bond donors (Lipinski definition) is 3. The Kier molecular flexibility index (Phi) is 6.33. The molecule has 144 valence electrons. The summed E-state index contributed by atoms with van der Waals surface area (Å²) in [5.41, 5.74) is 2.17. The van der Waals surface area contributed by atoms with Crippen molar-refractivity contribution in [3.63, 3.8) is 0 Å². The number of benzene rings is 2. The molecule has 7 nitrogen and oxygen atoms in total. The number of carbonyl (C=O) groups is 2. The minimum Gasteiger partial charge on any atom is -0.326 e. The molecule has 0 saturated carbocycles. The molecule has 0 bridgehead atoms. The first-order valence-corrected chi connectivity index (χ1v) is 9.70. The van der Waals surface area contributed by atoms with Crippen LogP contribution in [0.25, 0.3) is 11.4 Å². The lowest BCUT2D eigenvalue weighted by Gasteiger charge is -2.10. The van der Waals surface area contributed by atoms with Crippen LogP contribution in [-0.4, -0.2) is 32.2 Å². The van der Waals surface area contributed by atoms with Gasteiger partial charge in [0.15, 0.2) is 5.82 Å². The van der Waals surface area contributed by atoms with Gasteiger partial charge in [-0.15, -0.1) is 5.10 Å². The second-order valence-electron chi connectivity index (χ2n) is 5.98. The molecule has 0 fully saturated rings. The van der Waals surface area contributed by atoms with Gasteiger partial charge in [-0.2, -0.15) is 0 Å². The summed E-state index contributed by atoms with van der Waals surface area (Å²) in [6.07, 6.45) is 0. The molecule has 28 heavy (non-hydrogen) atoms. The predicted octanol–water partition coefficient (Wildman–Crippen LogP) is 4.20. The Morgan fingerprint density at radius 3 is 2.25 bits per heavy atom. The molecule has 2 aromatic carbocycles. The van der Waals surface area contributed by atoms with E-state index in [0.717, 1.165) is 5.56 Å². The second kappa shape index (κ2) is 8.90. The quantitative estimate of drug-likeness (QED) is 0.524. The van der Waals surface area contributed by atoms with Gasteiger partial charge in [0, 0.05) is 28.9 Å². The van der Waals surface area contributed by atoms with E-state index in [2.05, 4.69) is 25.8 Å². The zero-order valence-electron chi connectivity index (χ0n) is 15.2. The maximum Gasteiger partial charge on any atom is 0.237 e. The molecule has 1 atom stereocenters. The number of rotatable bonds is 6. The average Bonchev–Trinajstić information content (AvgIpc) is 3.12. The van der Waals surface area contributed by atoms with Crippen molar-refractivity contribution < 1.29 is 9.59 Å². The third-order valence-corrected chi connectivity index (χ3v) is 4.92. The van der Waals surface area contributed by atoms with Gasteiger partial charge in [0.05, 0.1) is 5.25 Å². The number of carbonyl (C=O) groups excluding carboxylic acids is 2. The molecule has 1 aromatic heterocycles. The normalized spacial score (nSPS) is 11.7. The molecule has 1 heterocycles. The van der Waals surface area contributed by atoms with E-state index in [1.165, 1.54) is 18.7 Å². The number of nitrogens with one attached hydrogen (secondary N) is 3. The van der Waals surface area contributed by atoms with Gasteiger partial charge in [0.25, 0.3) is 0 Å². The number of aromatic nitrogens is 3. The van der Waals surface area contributed by atoms with Gasteiger partial charge in [0.1, 0.15) is 0 Å². The highest BCUT2D eigenvalue weighted by atomic mass is 35.5. The van der Waals surface area contributed by atoms with E-state index < -0.39 is 5.25 Å². The highest BCUT2D eigenvalue weighted by Crippen LogP contribution is 2.24. The summed E-state index contributed by atoms with van der Waals surface area (Å²) in [6.45, 7) is 3.22. The number of H-pyrrole nitrogens is 1. The summed E-state index contributed by atoms with van der Waals surface area (Å²) in [7, 11) is 0. The Morgan fingerprint density at radius 2 is 1.64 bits per heavy atom. The van der Waals surface area contributed by atoms with Crippen molar-refractivity contribution in [3.8, 4) is 11.4 Å². The van der Waals surface area contributed by atoms with E-state index in [0.29, 0.717) is 27.4 Å². The van der Waals surface area contributed by atoms with Crippen molar-refractivity contribution in [2.24, 2.45) is 0 Å². The van der Waals surface area contributed by atoms with Crippen LogP contribution in [0.5, 0.6) is 0 Å². The van der Waals surface area contributed by atoms with Crippen LogP contribution >= 0.6 is 23.4 Å². The molecule has 3 aromatic rings. The summed E-state index contributed by atoms with van der Waals surface area (Å²) in [4.78, 5) is 27.9. The monoisotopic (exact) mass is 415 g/mol. The van der Waals surface area contributed by atoms with E-state index >= 15 is 0 Å². The summed E-state index contributed by atoms with van der Waals surface area (Å²) < 4.78 is 0. The number of anilines is 2. The minimum atomic E-state index is -0.399. The number of amides is 2. The fourth-order valence-corrected chi connectivity index (χ4v) is 3.18. The van der Waals surface area contributed by atoms with Crippen LogP contribution in [0.1, 0.15) is 13.8 Å². The molecule has 0 aliphatic carbocycles. The Hall–Kier alpha value is -2.84. The molecule has 2 amide bonds. The third kappa shape index (κ3) is 5.34. The molecule has 3 N–H and O–H groups in total. The topological polar surface area (TPSA) is 99.8 Å². The smallest absolute Gasteiger partial charge is 0.237 e. The number of halogens is 1. The average molecular weight is 416 g/mol. The number of nitrogens with zero attached hydrogens (tertiary/aromatic N) is 2. The largest absolute Gasteiger partial charge is 0.326 e. The van der Waals surface area contributed by atoms with Gasteiger partial charge >= 0.3 is 0 Å². The lowest BCUT2D eigenvalue weighted by molar-refractivity contribution is -0.115. The van der Waals surface area contributed by atoms with Gasteiger partial charge < -0.3 is 10.6 Å². The molecule has 0 saturated heterocycles.